The van der Waals surface area contributed by atoms with Crippen LogP contribution in [0, 0.1) is 11.7 Å². The van der Waals surface area contributed by atoms with Crippen molar-refractivity contribution in [3.8, 4) is 0 Å². The van der Waals surface area contributed by atoms with Gasteiger partial charge in [0.2, 0.25) is 0 Å². The highest BCUT2D eigenvalue weighted by molar-refractivity contribution is 9.10. The summed E-state index contributed by atoms with van der Waals surface area (Å²) in [5.74, 6) is 0.232. The first kappa shape index (κ1) is 21.2. The van der Waals surface area contributed by atoms with Gasteiger partial charge in [0.1, 0.15) is 11.4 Å². The van der Waals surface area contributed by atoms with Crippen LogP contribution in [0.2, 0.25) is 0 Å². The summed E-state index contributed by atoms with van der Waals surface area (Å²) in [5, 5.41) is 0. The molecule has 1 amide bonds. The number of nitrogens with zero attached hydrogens (tertiary/aromatic N) is 1. The quantitative estimate of drug-likeness (QED) is 0.557. The second kappa shape index (κ2) is 9.70. The Hall–Kier alpha value is -1.14. The van der Waals surface area contributed by atoms with Gasteiger partial charge in [-0.1, -0.05) is 15.9 Å². The van der Waals surface area contributed by atoms with Gasteiger partial charge in [0.05, 0.1) is 6.61 Å². The number of hydrogen-bond acceptors (Lipinski definition) is 3. The number of carbonyl (C=O) groups is 1. The van der Waals surface area contributed by atoms with Gasteiger partial charge in [-0.25, -0.2) is 9.18 Å². The number of halogens is 2. The third-order valence-corrected chi connectivity index (χ3v) is 4.83. The molecule has 0 N–H and O–H groups in total. The Labute approximate surface area is 164 Å². The molecule has 0 aliphatic carbocycles. The Bertz CT molecular complexity index is 603. The molecule has 1 aromatic carbocycles. The van der Waals surface area contributed by atoms with Gasteiger partial charge >= 0.3 is 6.09 Å². The normalized spacial score (nSPS) is 18.0. The molecule has 1 heterocycles. The van der Waals surface area contributed by atoms with Crippen molar-refractivity contribution >= 4 is 22.0 Å². The zero-order valence-corrected chi connectivity index (χ0v) is 17.5. The van der Waals surface area contributed by atoms with Crippen LogP contribution in [0.15, 0.2) is 22.7 Å². The Kier molecular flexibility index (Phi) is 7.89. The van der Waals surface area contributed by atoms with Crippen molar-refractivity contribution in [2.24, 2.45) is 5.92 Å². The van der Waals surface area contributed by atoms with Crippen LogP contribution in [-0.4, -0.2) is 36.3 Å². The Morgan fingerprint density at radius 2 is 2.15 bits per heavy atom. The molecule has 4 nitrogen and oxygen atoms in total. The third kappa shape index (κ3) is 7.23. The van der Waals surface area contributed by atoms with E-state index in [1.54, 1.807) is 12.1 Å². The number of benzene rings is 1. The van der Waals surface area contributed by atoms with E-state index in [2.05, 4.69) is 15.9 Å². The van der Waals surface area contributed by atoms with E-state index in [0.717, 1.165) is 43.2 Å². The zero-order chi connectivity index (χ0) is 19.2. The highest BCUT2D eigenvalue weighted by Gasteiger charge is 2.27. The van der Waals surface area contributed by atoms with Crippen molar-refractivity contribution in [1.29, 1.82) is 0 Å². The van der Waals surface area contributed by atoms with Crippen molar-refractivity contribution in [1.82, 2.24) is 4.90 Å². The molecule has 1 fully saturated rings. The van der Waals surface area contributed by atoms with Gasteiger partial charge in [-0.05, 0) is 70.6 Å². The molecule has 0 radical (unpaired) electrons. The van der Waals surface area contributed by atoms with E-state index in [0.29, 0.717) is 18.1 Å². The summed E-state index contributed by atoms with van der Waals surface area (Å²) in [6.07, 6.45) is 3.82. The molecule has 0 spiro atoms. The first-order valence-electron chi connectivity index (χ1n) is 9.24. The maximum absolute atomic E-state index is 13.7. The lowest BCUT2D eigenvalue weighted by Gasteiger charge is -2.34. The second-order valence-corrected chi connectivity index (χ2v) is 8.78. The topological polar surface area (TPSA) is 38.8 Å². The molecule has 0 bridgehead atoms. The van der Waals surface area contributed by atoms with E-state index in [-0.39, 0.29) is 18.5 Å². The van der Waals surface area contributed by atoms with Crippen molar-refractivity contribution in [3.63, 3.8) is 0 Å². The zero-order valence-electron chi connectivity index (χ0n) is 15.9. The van der Waals surface area contributed by atoms with Crippen LogP contribution in [0.5, 0.6) is 0 Å². The minimum Gasteiger partial charge on any atom is -0.444 e. The molecule has 1 unspecified atom stereocenters. The van der Waals surface area contributed by atoms with E-state index < -0.39 is 5.60 Å². The maximum Gasteiger partial charge on any atom is 0.410 e. The van der Waals surface area contributed by atoms with Crippen LogP contribution in [0.3, 0.4) is 0 Å². The van der Waals surface area contributed by atoms with Gasteiger partial charge in [-0.15, -0.1) is 0 Å². The number of amides is 1. The van der Waals surface area contributed by atoms with Crippen molar-refractivity contribution < 1.29 is 18.7 Å². The molecule has 6 heteroatoms. The average Bonchev–Trinajstić information content (AvgIpc) is 2.56. The summed E-state index contributed by atoms with van der Waals surface area (Å²) in [6, 6.07) is 4.86. The fourth-order valence-electron chi connectivity index (χ4n) is 3.10. The minimum atomic E-state index is -0.459. The summed E-state index contributed by atoms with van der Waals surface area (Å²) in [7, 11) is 0. The SMILES string of the molecule is CC(C)(C)OC(=O)N1CCCC(CCCOCc2cc(Br)ccc2F)C1. The van der Waals surface area contributed by atoms with E-state index in [9.17, 15) is 9.18 Å². The van der Waals surface area contributed by atoms with Crippen molar-refractivity contribution in [2.75, 3.05) is 19.7 Å². The first-order chi connectivity index (χ1) is 12.2. The number of piperidine rings is 1. The van der Waals surface area contributed by atoms with Gasteiger partial charge in [-0.2, -0.15) is 0 Å². The first-order valence-corrected chi connectivity index (χ1v) is 10.0. The summed E-state index contributed by atoms with van der Waals surface area (Å²) in [4.78, 5) is 14.0. The lowest BCUT2D eigenvalue weighted by atomic mass is 9.94. The molecule has 146 valence electrons. The summed E-state index contributed by atoms with van der Waals surface area (Å²) in [6.45, 7) is 8.04. The lowest BCUT2D eigenvalue weighted by molar-refractivity contribution is 0.0155. The van der Waals surface area contributed by atoms with Gasteiger partial charge in [0.25, 0.3) is 0 Å². The predicted molar refractivity (Wildman–Crippen MR) is 104 cm³/mol. The Morgan fingerprint density at radius 3 is 2.88 bits per heavy atom. The number of rotatable bonds is 6. The monoisotopic (exact) mass is 429 g/mol. The predicted octanol–water partition coefficient (Wildman–Crippen LogP) is 5.53. The van der Waals surface area contributed by atoms with Crippen LogP contribution in [-0.2, 0) is 16.1 Å². The number of carbonyl (C=O) groups excluding carboxylic acids is 1. The summed E-state index contributed by atoms with van der Waals surface area (Å²) >= 11 is 3.34. The maximum atomic E-state index is 13.7. The van der Waals surface area contributed by atoms with Crippen molar-refractivity contribution in [3.05, 3.63) is 34.1 Å². The van der Waals surface area contributed by atoms with Crippen LogP contribution in [0.1, 0.15) is 52.0 Å². The number of likely N-dealkylation sites (tertiary alicyclic amines) is 1. The summed E-state index contributed by atoms with van der Waals surface area (Å²) < 4.78 is 25.6. The fourth-order valence-corrected chi connectivity index (χ4v) is 3.51. The van der Waals surface area contributed by atoms with Crippen LogP contribution in [0.25, 0.3) is 0 Å². The van der Waals surface area contributed by atoms with Gasteiger partial charge in [0, 0.05) is 29.7 Å². The average molecular weight is 430 g/mol. The van der Waals surface area contributed by atoms with E-state index in [4.69, 9.17) is 9.47 Å². The lowest BCUT2D eigenvalue weighted by Crippen LogP contribution is -2.42. The largest absolute Gasteiger partial charge is 0.444 e. The molecule has 26 heavy (non-hydrogen) atoms. The second-order valence-electron chi connectivity index (χ2n) is 7.87. The van der Waals surface area contributed by atoms with Crippen LogP contribution < -0.4 is 0 Å². The molecular formula is C20H29BrFNO3. The Balaban J connectivity index is 1.67. The van der Waals surface area contributed by atoms with Gasteiger partial charge in [0.15, 0.2) is 0 Å². The van der Waals surface area contributed by atoms with E-state index >= 15 is 0 Å². The molecule has 0 saturated carbocycles. The summed E-state index contributed by atoms with van der Waals surface area (Å²) in [5.41, 5.74) is 0.104. The number of ether oxygens (including phenoxy) is 2. The van der Waals surface area contributed by atoms with Crippen molar-refractivity contribution in [2.45, 2.75) is 58.7 Å². The molecule has 1 aliphatic heterocycles. The minimum absolute atomic E-state index is 0.219. The number of hydrogen-bond donors (Lipinski definition) is 0. The van der Waals surface area contributed by atoms with Crippen LogP contribution >= 0.6 is 15.9 Å². The molecule has 1 aliphatic rings. The standard InChI is InChI=1S/C20H29BrFNO3/c1-20(2,3)26-19(24)23-10-4-6-15(13-23)7-5-11-25-14-16-12-17(21)8-9-18(16)22/h8-9,12,15H,4-7,10-11,13-14H2,1-3H3. The highest BCUT2D eigenvalue weighted by atomic mass is 79.9. The van der Waals surface area contributed by atoms with Gasteiger partial charge in [-0.3, -0.25) is 0 Å². The molecule has 2 rings (SSSR count). The molecule has 1 aromatic rings. The third-order valence-electron chi connectivity index (χ3n) is 4.34. The molecular weight excluding hydrogens is 401 g/mol. The fraction of sp³-hybridized carbons (Fsp3) is 0.650. The molecule has 0 aromatic heterocycles. The smallest absolute Gasteiger partial charge is 0.410 e. The van der Waals surface area contributed by atoms with E-state index in [1.165, 1.54) is 6.07 Å². The Morgan fingerprint density at radius 1 is 1.38 bits per heavy atom. The molecule has 1 saturated heterocycles. The van der Waals surface area contributed by atoms with E-state index in [1.807, 2.05) is 25.7 Å². The highest BCUT2D eigenvalue weighted by Crippen LogP contribution is 2.23. The van der Waals surface area contributed by atoms with Crippen LogP contribution in [0.4, 0.5) is 9.18 Å². The molecule has 1 atom stereocenters. The van der Waals surface area contributed by atoms with Gasteiger partial charge < -0.3 is 14.4 Å².